The standard InChI is InChI=1S/C22H25BrN2O3/c1-13-10-15-17(11-22(2,3)12-19(15)28-13)24-20(26)14-8-9-25(21(14)27)18-7-5-4-6-16(18)23/h4-7,10,14,17H,8-9,11-12H2,1-3H3,(H,24,26). The Morgan fingerprint density at radius 3 is 2.82 bits per heavy atom. The van der Waals surface area contributed by atoms with Gasteiger partial charge >= 0.3 is 0 Å². The van der Waals surface area contributed by atoms with Crippen LogP contribution in [-0.4, -0.2) is 18.4 Å². The number of anilines is 1. The number of hydrogen-bond donors (Lipinski definition) is 1. The van der Waals surface area contributed by atoms with Gasteiger partial charge in [0.2, 0.25) is 11.8 Å². The molecule has 2 amide bonds. The molecule has 2 aromatic rings. The minimum absolute atomic E-state index is 0.0376. The van der Waals surface area contributed by atoms with Gasteiger partial charge < -0.3 is 14.6 Å². The van der Waals surface area contributed by atoms with Crippen molar-refractivity contribution < 1.29 is 14.0 Å². The molecule has 1 aliphatic heterocycles. The van der Waals surface area contributed by atoms with Crippen LogP contribution in [0.15, 0.2) is 39.2 Å². The first-order valence-electron chi connectivity index (χ1n) is 9.71. The van der Waals surface area contributed by atoms with Gasteiger partial charge in [-0.2, -0.15) is 0 Å². The Morgan fingerprint density at radius 2 is 2.07 bits per heavy atom. The average molecular weight is 445 g/mol. The summed E-state index contributed by atoms with van der Waals surface area (Å²) in [6, 6.07) is 9.50. The molecule has 0 saturated carbocycles. The summed E-state index contributed by atoms with van der Waals surface area (Å²) in [5, 5.41) is 3.14. The topological polar surface area (TPSA) is 62.6 Å². The molecule has 1 aliphatic carbocycles. The number of hydrogen-bond acceptors (Lipinski definition) is 3. The average Bonchev–Trinajstić information content (AvgIpc) is 3.16. The lowest BCUT2D eigenvalue weighted by molar-refractivity contribution is -0.132. The van der Waals surface area contributed by atoms with Gasteiger partial charge in [0.05, 0.1) is 11.7 Å². The van der Waals surface area contributed by atoms with Crippen molar-refractivity contribution in [2.45, 2.75) is 46.1 Å². The molecule has 0 bridgehead atoms. The lowest BCUT2D eigenvalue weighted by atomic mass is 9.74. The molecule has 1 N–H and O–H groups in total. The lowest BCUT2D eigenvalue weighted by Gasteiger charge is -2.35. The number of furan rings is 1. The number of halogens is 1. The van der Waals surface area contributed by atoms with Crippen LogP contribution in [0.3, 0.4) is 0 Å². The highest BCUT2D eigenvalue weighted by Gasteiger charge is 2.41. The summed E-state index contributed by atoms with van der Waals surface area (Å²) in [6.07, 6.45) is 2.22. The number of benzene rings is 1. The van der Waals surface area contributed by atoms with Gasteiger partial charge in [0.25, 0.3) is 0 Å². The van der Waals surface area contributed by atoms with Gasteiger partial charge in [0.15, 0.2) is 0 Å². The van der Waals surface area contributed by atoms with Crippen molar-refractivity contribution in [1.82, 2.24) is 5.32 Å². The van der Waals surface area contributed by atoms with Crippen LogP contribution in [0, 0.1) is 18.3 Å². The Hall–Kier alpha value is -2.08. The number of para-hydroxylation sites is 1. The van der Waals surface area contributed by atoms with E-state index in [0.29, 0.717) is 13.0 Å². The number of aryl methyl sites for hydroxylation is 1. The molecule has 6 heteroatoms. The zero-order chi connectivity index (χ0) is 20.1. The molecule has 1 aromatic heterocycles. The van der Waals surface area contributed by atoms with E-state index in [4.69, 9.17) is 4.42 Å². The van der Waals surface area contributed by atoms with Crippen molar-refractivity contribution in [2.75, 3.05) is 11.4 Å². The molecule has 2 heterocycles. The number of amides is 2. The van der Waals surface area contributed by atoms with Crippen LogP contribution in [0.25, 0.3) is 0 Å². The predicted octanol–water partition coefficient (Wildman–Crippen LogP) is 4.53. The minimum atomic E-state index is -0.645. The highest BCUT2D eigenvalue weighted by atomic mass is 79.9. The Labute approximate surface area is 173 Å². The molecule has 1 fully saturated rings. The van der Waals surface area contributed by atoms with E-state index in [1.807, 2.05) is 37.3 Å². The molecule has 2 atom stereocenters. The highest BCUT2D eigenvalue weighted by molar-refractivity contribution is 9.10. The molecule has 2 aliphatic rings. The number of nitrogens with one attached hydrogen (secondary N) is 1. The molecular formula is C22H25BrN2O3. The Bertz CT molecular complexity index is 934. The molecule has 1 aromatic carbocycles. The first kappa shape index (κ1) is 19.2. The summed E-state index contributed by atoms with van der Waals surface area (Å²) < 4.78 is 6.71. The third kappa shape index (κ3) is 3.50. The van der Waals surface area contributed by atoms with E-state index in [1.54, 1.807) is 4.90 Å². The molecule has 0 spiro atoms. The highest BCUT2D eigenvalue weighted by Crippen LogP contribution is 2.42. The minimum Gasteiger partial charge on any atom is -0.466 e. The van der Waals surface area contributed by atoms with Crippen LogP contribution in [0.4, 0.5) is 5.69 Å². The Morgan fingerprint density at radius 1 is 1.32 bits per heavy atom. The summed E-state index contributed by atoms with van der Waals surface area (Å²) >= 11 is 3.50. The smallest absolute Gasteiger partial charge is 0.239 e. The third-order valence-corrected chi connectivity index (χ3v) is 6.39. The van der Waals surface area contributed by atoms with Crippen molar-refractivity contribution in [3.05, 3.63) is 51.9 Å². The SMILES string of the molecule is Cc1cc2c(o1)CC(C)(C)CC2NC(=O)C1CCN(c2ccccc2Br)C1=O. The number of carbonyl (C=O) groups excluding carboxylic acids is 2. The fourth-order valence-electron chi connectivity index (χ4n) is 4.42. The summed E-state index contributed by atoms with van der Waals surface area (Å²) in [5.74, 6) is 0.842. The van der Waals surface area contributed by atoms with Crippen molar-refractivity contribution in [2.24, 2.45) is 11.3 Å². The monoisotopic (exact) mass is 444 g/mol. The molecular weight excluding hydrogens is 420 g/mol. The fraction of sp³-hybridized carbons (Fsp3) is 0.455. The van der Waals surface area contributed by atoms with E-state index in [-0.39, 0.29) is 23.3 Å². The van der Waals surface area contributed by atoms with E-state index in [9.17, 15) is 9.59 Å². The van der Waals surface area contributed by atoms with Crippen LogP contribution >= 0.6 is 15.9 Å². The number of carbonyl (C=O) groups is 2. The third-order valence-electron chi connectivity index (χ3n) is 5.72. The van der Waals surface area contributed by atoms with Crippen molar-refractivity contribution in [3.63, 3.8) is 0 Å². The molecule has 148 valence electrons. The van der Waals surface area contributed by atoms with E-state index in [0.717, 1.165) is 40.1 Å². The summed E-state index contributed by atoms with van der Waals surface area (Å²) in [5.41, 5.74) is 1.91. The second-order valence-corrected chi connectivity index (χ2v) is 9.48. The van der Waals surface area contributed by atoms with Crippen LogP contribution in [0.1, 0.15) is 49.8 Å². The van der Waals surface area contributed by atoms with Crippen molar-refractivity contribution >= 4 is 33.4 Å². The fourth-order valence-corrected chi connectivity index (χ4v) is 4.92. The van der Waals surface area contributed by atoms with Gasteiger partial charge in [-0.1, -0.05) is 26.0 Å². The van der Waals surface area contributed by atoms with Gasteiger partial charge in [0, 0.05) is 23.0 Å². The second kappa shape index (κ2) is 7.07. The maximum Gasteiger partial charge on any atom is 0.239 e. The molecule has 28 heavy (non-hydrogen) atoms. The van der Waals surface area contributed by atoms with Crippen LogP contribution < -0.4 is 10.2 Å². The van der Waals surface area contributed by atoms with E-state index in [2.05, 4.69) is 35.1 Å². The van der Waals surface area contributed by atoms with Gasteiger partial charge in [-0.05, 0) is 59.3 Å². The molecule has 1 saturated heterocycles. The van der Waals surface area contributed by atoms with E-state index < -0.39 is 5.92 Å². The zero-order valence-electron chi connectivity index (χ0n) is 16.4. The summed E-state index contributed by atoms with van der Waals surface area (Å²) in [6.45, 7) is 6.84. The quantitative estimate of drug-likeness (QED) is 0.706. The first-order valence-corrected chi connectivity index (χ1v) is 10.5. The van der Waals surface area contributed by atoms with Crippen molar-refractivity contribution in [1.29, 1.82) is 0 Å². The van der Waals surface area contributed by atoms with Crippen LogP contribution in [-0.2, 0) is 16.0 Å². The van der Waals surface area contributed by atoms with Gasteiger partial charge in [0.1, 0.15) is 17.4 Å². The Balaban J connectivity index is 1.52. The number of fused-ring (bicyclic) bond motifs is 1. The molecule has 5 nitrogen and oxygen atoms in total. The largest absolute Gasteiger partial charge is 0.466 e. The van der Waals surface area contributed by atoms with E-state index >= 15 is 0 Å². The maximum absolute atomic E-state index is 13.0. The van der Waals surface area contributed by atoms with Gasteiger partial charge in [-0.15, -0.1) is 0 Å². The number of rotatable bonds is 3. The maximum atomic E-state index is 13.0. The molecule has 4 rings (SSSR count). The molecule has 0 radical (unpaired) electrons. The number of nitrogens with zero attached hydrogens (tertiary/aromatic N) is 1. The normalized spacial score (nSPS) is 23.6. The summed E-state index contributed by atoms with van der Waals surface area (Å²) in [4.78, 5) is 27.7. The Kier molecular flexibility index (Phi) is 4.86. The van der Waals surface area contributed by atoms with E-state index in [1.165, 1.54) is 0 Å². The molecule has 2 unspecified atom stereocenters. The van der Waals surface area contributed by atoms with Crippen LogP contribution in [0.5, 0.6) is 0 Å². The van der Waals surface area contributed by atoms with Crippen molar-refractivity contribution in [3.8, 4) is 0 Å². The van der Waals surface area contributed by atoms with Crippen LogP contribution in [0.2, 0.25) is 0 Å². The second-order valence-electron chi connectivity index (χ2n) is 8.62. The van der Waals surface area contributed by atoms with Gasteiger partial charge in [-0.25, -0.2) is 0 Å². The van der Waals surface area contributed by atoms with Gasteiger partial charge in [-0.3, -0.25) is 9.59 Å². The predicted molar refractivity (Wildman–Crippen MR) is 111 cm³/mol. The summed E-state index contributed by atoms with van der Waals surface area (Å²) in [7, 11) is 0. The first-order chi connectivity index (χ1) is 13.2. The zero-order valence-corrected chi connectivity index (χ0v) is 18.0. The lowest BCUT2D eigenvalue weighted by Crippen LogP contribution is -2.41.